The fourth-order valence-corrected chi connectivity index (χ4v) is 5.28. The van der Waals surface area contributed by atoms with Crippen LogP contribution in [0.3, 0.4) is 0 Å². The molecule has 2 saturated heterocycles. The zero-order valence-electron chi connectivity index (χ0n) is 15.4. The van der Waals surface area contributed by atoms with Crippen LogP contribution in [0.5, 0.6) is 0 Å². The van der Waals surface area contributed by atoms with Crippen LogP contribution in [-0.2, 0) is 26.3 Å². The second-order valence-electron chi connectivity index (χ2n) is 7.15. The highest BCUT2D eigenvalue weighted by molar-refractivity contribution is 7.86. The highest BCUT2D eigenvalue weighted by atomic mass is 32.2. The Bertz CT molecular complexity index is 740. The van der Waals surface area contributed by atoms with E-state index in [2.05, 4.69) is 0 Å². The number of nitrogens with zero attached hydrogens (tertiary/aromatic N) is 3. The minimum absolute atomic E-state index is 0.0676. The summed E-state index contributed by atoms with van der Waals surface area (Å²) < 4.78 is 33.8. The number of amides is 1. The number of rotatable bonds is 7. The average Bonchev–Trinajstić information content (AvgIpc) is 3.20. The van der Waals surface area contributed by atoms with Crippen molar-refractivity contribution in [2.45, 2.75) is 19.4 Å². The molecule has 2 fully saturated rings. The van der Waals surface area contributed by atoms with Crippen molar-refractivity contribution in [3.8, 4) is 0 Å². The molecule has 0 radical (unpaired) electrons. The van der Waals surface area contributed by atoms with Gasteiger partial charge < -0.3 is 9.64 Å². The van der Waals surface area contributed by atoms with Crippen molar-refractivity contribution in [2.75, 3.05) is 46.9 Å². The SMILES string of the molecule is COCCN1CCC2(CCN(S(=O)(=O)N(C)Cc3ccccc3)C2)C1=O. The molecule has 2 heterocycles. The van der Waals surface area contributed by atoms with Crippen LogP contribution in [0.25, 0.3) is 0 Å². The van der Waals surface area contributed by atoms with E-state index in [1.54, 1.807) is 19.1 Å². The largest absolute Gasteiger partial charge is 0.383 e. The number of ether oxygens (including phenoxy) is 1. The van der Waals surface area contributed by atoms with Crippen molar-refractivity contribution in [1.29, 1.82) is 0 Å². The van der Waals surface area contributed by atoms with Crippen molar-refractivity contribution in [3.05, 3.63) is 35.9 Å². The van der Waals surface area contributed by atoms with Crippen LogP contribution in [0.1, 0.15) is 18.4 Å². The molecule has 1 spiro atoms. The number of carbonyl (C=O) groups excluding carboxylic acids is 1. The fraction of sp³-hybridized carbons (Fsp3) is 0.611. The van der Waals surface area contributed by atoms with Crippen molar-refractivity contribution in [2.24, 2.45) is 5.41 Å². The van der Waals surface area contributed by atoms with Crippen LogP contribution >= 0.6 is 0 Å². The molecule has 0 bridgehead atoms. The predicted octanol–water partition coefficient (Wildman–Crippen LogP) is 0.934. The first-order chi connectivity index (χ1) is 12.4. The van der Waals surface area contributed by atoms with Crippen molar-refractivity contribution in [3.63, 3.8) is 0 Å². The minimum atomic E-state index is -3.59. The van der Waals surface area contributed by atoms with Gasteiger partial charge >= 0.3 is 0 Å². The van der Waals surface area contributed by atoms with Gasteiger partial charge in [-0.25, -0.2) is 0 Å². The standard InChI is InChI=1S/C18H27N3O4S/c1-19(14-16-6-4-3-5-7-16)26(23,24)21-11-9-18(15-21)8-10-20(17(18)22)12-13-25-2/h3-7H,8-15H2,1-2H3. The lowest BCUT2D eigenvalue weighted by atomic mass is 9.86. The molecule has 3 rings (SSSR count). The van der Waals surface area contributed by atoms with Crippen LogP contribution in [0.15, 0.2) is 30.3 Å². The van der Waals surface area contributed by atoms with E-state index in [0.29, 0.717) is 45.6 Å². The summed E-state index contributed by atoms with van der Waals surface area (Å²) in [6.45, 7) is 2.74. The van der Waals surface area contributed by atoms with Gasteiger partial charge in [0.05, 0.1) is 12.0 Å². The summed E-state index contributed by atoms with van der Waals surface area (Å²) in [7, 11) is -0.381. The Kier molecular flexibility index (Phi) is 5.67. The summed E-state index contributed by atoms with van der Waals surface area (Å²) in [5.74, 6) is 0.0676. The first-order valence-electron chi connectivity index (χ1n) is 8.93. The molecule has 1 unspecified atom stereocenters. The van der Waals surface area contributed by atoms with E-state index in [1.807, 2.05) is 30.3 Å². The van der Waals surface area contributed by atoms with Gasteiger partial charge in [0.2, 0.25) is 5.91 Å². The number of hydrogen-bond donors (Lipinski definition) is 0. The molecule has 0 aromatic heterocycles. The highest BCUT2D eigenvalue weighted by Gasteiger charge is 2.53. The summed E-state index contributed by atoms with van der Waals surface area (Å²) in [6, 6.07) is 9.51. The van der Waals surface area contributed by atoms with E-state index in [4.69, 9.17) is 4.74 Å². The number of methoxy groups -OCH3 is 1. The molecule has 2 aliphatic rings. The van der Waals surface area contributed by atoms with Crippen molar-refractivity contribution in [1.82, 2.24) is 13.5 Å². The molecule has 144 valence electrons. The number of benzene rings is 1. The van der Waals surface area contributed by atoms with Gasteiger partial charge in [-0.1, -0.05) is 30.3 Å². The fourth-order valence-electron chi connectivity index (χ4n) is 3.84. The van der Waals surface area contributed by atoms with Crippen molar-refractivity contribution < 1.29 is 17.9 Å². The zero-order valence-corrected chi connectivity index (χ0v) is 16.2. The van der Waals surface area contributed by atoms with Gasteiger partial charge in [0.1, 0.15) is 0 Å². The Morgan fingerprint density at radius 3 is 2.58 bits per heavy atom. The van der Waals surface area contributed by atoms with Crippen molar-refractivity contribution >= 4 is 16.1 Å². The Morgan fingerprint density at radius 1 is 1.19 bits per heavy atom. The van der Waals surface area contributed by atoms with Gasteiger partial charge in [-0.05, 0) is 18.4 Å². The molecular weight excluding hydrogens is 354 g/mol. The van der Waals surface area contributed by atoms with Gasteiger partial charge in [-0.2, -0.15) is 17.0 Å². The van der Waals surface area contributed by atoms with Gasteiger partial charge in [0.25, 0.3) is 10.2 Å². The highest BCUT2D eigenvalue weighted by Crippen LogP contribution is 2.41. The lowest BCUT2D eigenvalue weighted by molar-refractivity contribution is -0.135. The van der Waals surface area contributed by atoms with Crippen LogP contribution < -0.4 is 0 Å². The van der Waals surface area contributed by atoms with E-state index >= 15 is 0 Å². The molecule has 26 heavy (non-hydrogen) atoms. The summed E-state index contributed by atoms with van der Waals surface area (Å²) in [5.41, 5.74) is 0.379. The topological polar surface area (TPSA) is 70.2 Å². The molecule has 7 nitrogen and oxygen atoms in total. The second-order valence-corrected chi connectivity index (χ2v) is 9.18. The Balaban J connectivity index is 1.67. The van der Waals surface area contributed by atoms with E-state index < -0.39 is 15.6 Å². The van der Waals surface area contributed by atoms with E-state index in [0.717, 1.165) is 5.56 Å². The maximum atomic E-state index is 12.9. The molecule has 2 aliphatic heterocycles. The van der Waals surface area contributed by atoms with Gasteiger partial charge in [0, 0.05) is 46.9 Å². The first kappa shape index (κ1) is 19.3. The summed E-state index contributed by atoms with van der Waals surface area (Å²) >= 11 is 0. The molecule has 1 aromatic rings. The minimum Gasteiger partial charge on any atom is -0.383 e. The molecule has 0 aliphatic carbocycles. The first-order valence-corrected chi connectivity index (χ1v) is 10.3. The van der Waals surface area contributed by atoms with Gasteiger partial charge in [-0.3, -0.25) is 4.79 Å². The lowest BCUT2D eigenvalue weighted by Gasteiger charge is -2.26. The molecule has 1 aromatic carbocycles. The van der Waals surface area contributed by atoms with Crippen LogP contribution in [-0.4, -0.2) is 74.8 Å². The molecule has 1 amide bonds. The smallest absolute Gasteiger partial charge is 0.282 e. The van der Waals surface area contributed by atoms with E-state index in [1.165, 1.54) is 8.61 Å². The van der Waals surface area contributed by atoms with Gasteiger partial charge in [-0.15, -0.1) is 0 Å². The summed E-state index contributed by atoms with van der Waals surface area (Å²) in [6.07, 6.45) is 1.30. The number of hydrogen-bond acceptors (Lipinski definition) is 4. The van der Waals surface area contributed by atoms with Crippen LogP contribution in [0.2, 0.25) is 0 Å². The molecule has 0 N–H and O–H groups in total. The lowest BCUT2D eigenvalue weighted by Crippen LogP contribution is -2.43. The van der Waals surface area contributed by atoms with Crippen LogP contribution in [0.4, 0.5) is 0 Å². The monoisotopic (exact) mass is 381 g/mol. The summed E-state index contributed by atoms with van der Waals surface area (Å²) in [5, 5.41) is 0. The van der Waals surface area contributed by atoms with E-state index in [9.17, 15) is 13.2 Å². The molecule has 0 saturated carbocycles. The van der Waals surface area contributed by atoms with Gasteiger partial charge in [0.15, 0.2) is 0 Å². The third-order valence-corrected chi connectivity index (χ3v) is 7.33. The average molecular weight is 381 g/mol. The predicted molar refractivity (Wildman–Crippen MR) is 98.5 cm³/mol. The quantitative estimate of drug-likeness (QED) is 0.705. The zero-order chi connectivity index (χ0) is 18.8. The Labute approximate surface area is 155 Å². The third kappa shape index (κ3) is 3.64. The Hall–Kier alpha value is -1.48. The molecule has 1 atom stereocenters. The maximum Gasteiger partial charge on any atom is 0.282 e. The number of carbonyl (C=O) groups is 1. The molecular formula is C18H27N3O4S. The molecule has 8 heteroatoms. The number of likely N-dealkylation sites (tertiary alicyclic amines) is 1. The summed E-state index contributed by atoms with van der Waals surface area (Å²) in [4.78, 5) is 14.6. The van der Waals surface area contributed by atoms with Crippen LogP contribution in [0, 0.1) is 5.41 Å². The van der Waals surface area contributed by atoms with E-state index in [-0.39, 0.29) is 12.5 Å². The Morgan fingerprint density at radius 2 is 1.88 bits per heavy atom. The third-order valence-electron chi connectivity index (χ3n) is 5.45. The maximum absolute atomic E-state index is 12.9. The second kappa shape index (κ2) is 7.64. The normalized spacial score (nSPS) is 24.3.